The van der Waals surface area contributed by atoms with Crippen LogP contribution >= 0.6 is 34.8 Å². The largest absolute Gasteiger partial charge is 0.455 e. The predicted octanol–water partition coefficient (Wildman–Crippen LogP) is 10.2. The number of rotatable bonds is 5. The molecule has 0 N–H and O–H groups in total. The van der Waals surface area contributed by atoms with Gasteiger partial charge in [0.15, 0.2) is 7.28 Å². The van der Waals surface area contributed by atoms with Gasteiger partial charge in [0, 0.05) is 43.3 Å². The Kier molecular flexibility index (Phi) is 6.80. The van der Waals surface area contributed by atoms with Crippen molar-refractivity contribution < 1.29 is 4.52 Å². The minimum atomic E-state index is -2.69. The molecule has 0 saturated heterocycles. The highest BCUT2D eigenvalue weighted by molar-refractivity contribution is 9.10. The fraction of sp³-hybridized carbons (Fsp3) is 0.200. The zero-order valence-corrected chi connectivity index (χ0v) is 24.1. The molecule has 1 heterocycles. The second-order valence-corrected chi connectivity index (χ2v) is 14.5. The van der Waals surface area contributed by atoms with Gasteiger partial charge in [0.05, 0.1) is 10.7 Å². The predicted molar refractivity (Wildman–Crippen MR) is 160 cm³/mol. The van der Waals surface area contributed by atoms with Gasteiger partial charge in [0.1, 0.15) is 5.75 Å². The number of nitrogens with zero attached hydrogens (tertiary/aromatic N) is 2. The average molecular weight is 580 g/mol. The van der Waals surface area contributed by atoms with Crippen LogP contribution in [0.1, 0.15) is 27.7 Å². The van der Waals surface area contributed by atoms with Crippen molar-refractivity contribution in [2.45, 2.75) is 39.4 Å². The van der Waals surface area contributed by atoms with E-state index >= 15 is 0 Å². The van der Waals surface area contributed by atoms with Crippen LogP contribution in [0, 0.1) is 0 Å². The third-order valence-corrected chi connectivity index (χ3v) is 11.0. The zero-order chi connectivity index (χ0) is 25.5. The van der Waals surface area contributed by atoms with Gasteiger partial charge in [-0.25, -0.2) is 4.74 Å². The minimum absolute atomic E-state index is 0.314. The number of hydrogen-bond acceptors (Lipinski definition) is 2. The smallest absolute Gasteiger partial charge is 0.173 e. The van der Waals surface area contributed by atoms with Crippen molar-refractivity contribution in [1.29, 1.82) is 0 Å². The lowest BCUT2D eigenvalue weighted by molar-refractivity contribution is 0.571. The van der Waals surface area contributed by atoms with Crippen molar-refractivity contribution in [3.63, 3.8) is 0 Å². The van der Waals surface area contributed by atoms with E-state index in [1.165, 1.54) is 21.8 Å². The lowest BCUT2D eigenvalue weighted by Crippen LogP contribution is -2.27. The molecule has 0 amide bonds. The number of aromatic nitrogens is 1. The molecule has 36 heavy (non-hydrogen) atoms. The molecule has 184 valence electrons. The molecule has 0 radical (unpaired) electrons. The Balaban J connectivity index is 1.87. The molecule has 5 rings (SSSR count). The summed E-state index contributed by atoms with van der Waals surface area (Å²) in [4.78, 5) is 0. The summed E-state index contributed by atoms with van der Waals surface area (Å²) in [5.41, 5.74) is 3.20. The Hall–Kier alpha value is -2.52. The standard InChI is InChI=1S/C30H29BrClN2OP/c1-5-34-28-16-9-6-13-24(28)25-20-23(17-18-29(25)34)36(30(2,3)4,33-27-15-8-7-14-26(27)32)35-22-12-10-11-21(31)19-22/h6-20H,5H2,1-4H3/t36-/m1/s1. The summed E-state index contributed by atoms with van der Waals surface area (Å²) >= 11 is 10.3. The second-order valence-electron chi connectivity index (χ2n) is 9.81. The first-order valence-corrected chi connectivity index (χ1v) is 14.9. The van der Waals surface area contributed by atoms with Gasteiger partial charge in [0.25, 0.3) is 0 Å². The summed E-state index contributed by atoms with van der Waals surface area (Å²) in [7, 11) is -2.69. The molecule has 0 spiro atoms. The molecule has 0 aliphatic carbocycles. The summed E-state index contributed by atoms with van der Waals surface area (Å²) in [6, 6.07) is 31.1. The number of para-hydroxylation sites is 1. The number of aryl methyl sites for hydroxylation is 1. The number of fused-ring (bicyclic) bond motifs is 3. The van der Waals surface area contributed by atoms with Crippen LogP contribution in [0.5, 0.6) is 5.75 Å². The van der Waals surface area contributed by atoms with Crippen molar-refractivity contribution in [1.82, 2.24) is 4.57 Å². The van der Waals surface area contributed by atoms with Gasteiger partial charge in [-0.1, -0.05) is 84.7 Å². The van der Waals surface area contributed by atoms with Crippen LogP contribution in [0.3, 0.4) is 0 Å². The average Bonchev–Trinajstić information content (AvgIpc) is 3.17. The van der Waals surface area contributed by atoms with E-state index in [0.717, 1.165) is 27.8 Å². The van der Waals surface area contributed by atoms with E-state index in [1.54, 1.807) is 0 Å². The molecule has 4 aromatic carbocycles. The molecule has 1 aromatic heterocycles. The van der Waals surface area contributed by atoms with E-state index in [1.807, 2.05) is 48.5 Å². The topological polar surface area (TPSA) is 26.5 Å². The first-order chi connectivity index (χ1) is 17.2. The van der Waals surface area contributed by atoms with Crippen LogP contribution in [0.25, 0.3) is 21.8 Å². The summed E-state index contributed by atoms with van der Waals surface area (Å²) in [6.45, 7) is 9.71. The van der Waals surface area contributed by atoms with E-state index in [-0.39, 0.29) is 5.16 Å². The molecular weight excluding hydrogens is 551 g/mol. The van der Waals surface area contributed by atoms with Crippen LogP contribution in [0.2, 0.25) is 5.02 Å². The van der Waals surface area contributed by atoms with Crippen molar-refractivity contribution in [3.05, 3.63) is 100 Å². The van der Waals surface area contributed by atoms with Gasteiger partial charge in [-0.15, -0.1) is 0 Å². The number of hydrogen-bond donors (Lipinski definition) is 0. The van der Waals surface area contributed by atoms with Gasteiger partial charge < -0.3 is 9.09 Å². The fourth-order valence-corrected chi connectivity index (χ4v) is 8.44. The molecular formula is C30H29BrClN2OP. The lowest BCUT2D eigenvalue weighted by Gasteiger charge is -2.37. The van der Waals surface area contributed by atoms with Crippen molar-refractivity contribution in [2.24, 2.45) is 4.74 Å². The first-order valence-electron chi connectivity index (χ1n) is 12.1. The van der Waals surface area contributed by atoms with Crippen LogP contribution < -0.4 is 9.83 Å². The van der Waals surface area contributed by atoms with Gasteiger partial charge >= 0.3 is 0 Å². The lowest BCUT2D eigenvalue weighted by atomic mass is 10.1. The summed E-state index contributed by atoms with van der Waals surface area (Å²) in [6.07, 6.45) is 0. The first kappa shape index (κ1) is 25.1. The van der Waals surface area contributed by atoms with E-state index in [0.29, 0.717) is 5.02 Å². The fourth-order valence-electron chi connectivity index (χ4n) is 4.74. The Morgan fingerprint density at radius 2 is 1.58 bits per heavy atom. The Morgan fingerprint density at radius 1 is 0.861 bits per heavy atom. The van der Waals surface area contributed by atoms with Crippen molar-refractivity contribution in [2.75, 3.05) is 0 Å². The highest BCUT2D eigenvalue weighted by Crippen LogP contribution is 2.62. The van der Waals surface area contributed by atoms with Gasteiger partial charge in [-0.2, -0.15) is 0 Å². The number of benzene rings is 4. The molecule has 0 aliphatic rings. The Labute approximate surface area is 226 Å². The normalized spacial score (nSPS) is 13.6. The number of halogens is 2. The van der Waals surface area contributed by atoms with E-state index in [9.17, 15) is 0 Å². The molecule has 3 nitrogen and oxygen atoms in total. The minimum Gasteiger partial charge on any atom is -0.455 e. The van der Waals surface area contributed by atoms with E-state index < -0.39 is 7.28 Å². The van der Waals surface area contributed by atoms with Crippen LogP contribution in [0.4, 0.5) is 5.69 Å². The van der Waals surface area contributed by atoms with Crippen LogP contribution in [0.15, 0.2) is 100 Å². The SMILES string of the molecule is CCn1c2ccccc2c2cc([P@@](=Nc3ccccc3Cl)(Oc3cccc(Br)c3)C(C)(C)C)ccc21. The summed E-state index contributed by atoms with van der Waals surface area (Å²) in [5, 5.41) is 3.84. The summed E-state index contributed by atoms with van der Waals surface area (Å²) < 4.78 is 15.8. The molecule has 5 aromatic rings. The Bertz CT molecular complexity index is 1630. The van der Waals surface area contributed by atoms with E-state index in [2.05, 4.69) is 90.7 Å². The maximum absolute atomic E-state index is 7.04. The molecule has 0 aliphatic heterocycles. The van der Waals surface area contributed by atoms with Gasteiger partial charge in [-0.3, -0.25) is 0 Å². The van der Waals surface area contributed by atoms with Crippen LogP contribution in [-0.4, -0.2) is 9.72 Å². The Morgan fingerprint density at radius 3 is 2.31 bits per heavy atom. The highest BCUT2D eigenvalue weighted by atomic mass is 79.9. The molecule has 6 heteroatoms. The van der Waals surface area contributed by atoms with Crippen LogP contribution in [-0.2, 0) is 6.54 Å². The molecule has 0 fully saturated rings. The maximum Gasteiger partial charge on any atom is 0.173 e. The second kappa shape index (κ2) is 9.74. The molecule has 1 atom stereocenters. The quantitative estimate of drug-likeness (QED) is 0.190. The zero-order valence-electron chi connectivity index (χ0n) is 20.9. The maximum atomic E-state index is 7.04. The third-order valence-electron chi connectivity index (χ3n) is 6.47. The molecule has 0 bridgehead atoms. The molecule has 0 saturated carbocycles. The highest BCUT2D eigenvalue weighted by Gasteiger charge is 2.39. The molecule has 0 unspecified atom stereocenters. The van der Waals surface area contributed by atoms with Crippen molar-refractivity contribution >= 4 is 67.6 Å². The van der Waals surface area contributed by atoms with Gasteiger partial charge in [-0.05, 0) is 61.5 Å². The van der Waals surface area contributed by atoms with Gasteiger partial charge in [0.2, 0.25) is 0 Å². The van der Waals surface area contributed by atoms with E-state index in [4.69, 9.17) is 20.9 Å². The summed E-state index contributed by atoms with van der Waals surface area (Å²) in [5.74, 6) is 0.777. The van der Waals surface area contributed by atoms with Crippen molar-refractivity contribution in [3.8, 4) is 5.75 Å². The third kappa shape index (κ3) is 4.41. The monoisotopic (exact) mass is 578 g/mol.